The number of carbonyl (C=O) groups excluding carboxylic acids is 1. The lowest BCUT2D eigenvalue weighted by molar-refractivity contribution is 0.0298. The molecule has 2 aromatic heterocycles. The molecule has 0 aliphatic carbocycles. The molecule has 0 radical (unpaired) electrons. The van der Waals surface area contributed by atoms with Gasteiger partial charge in [0.05, 0.1) is 47.6 Å². The van der Waals surface area contributed by atoms with E-state index >= 15 is 0 Å². The van der Waals surface area contributed by atoms with Gasteiger partial charge in [0.25, 0.3) is 5.91 Å². The van der Waals surface area contributed by atoms with Crippen molar-refractivity contribution in [2.75, 3.05) is 63.9 Å². The van der Waals surface area contributed by atoms with Crippen LogP contribution in [0.15, 0.2) is 18.3 Å². The topological polar surface area (TPSA) is 147 Å². The SMILES string of the molecule is COCC(C)(C)Nc1nc(Nc2ccc(C(=O)N3CCOCC3)c3c2OCCO3)nc2[nH]cc(C#N)c12. The Labute approximate surface area is 213 Å². The van der Waals surface area contributed by atoms with Gasteiger partial charge >= 0.3 is 0 Å². The van der Waals surface area contributed by atoms with Crippen molar-refractivity contribution >= 4 is 34.4 Å². The molecular formula is C25H29N7O5. The summed E-state index contributed by atoms with van der Waals surface area (Å²) in [4.78, 5) is 27.2. The molecule has 12 nitrogen and oxygen atoms in total. The minimum Gasteiger partial charge on any atom is -0.485 e. The van der Waals surface area contributed by atoms with Crippen LogP contribution in [0.2, 0.25) is 0 Å². The molecule has 0 unspecified atom stereocenters. The van der Waals surface area contributed by atoms with Gasteiger partial charge in [-0.25, -0.2) is 0 Å². The maximum atomic E-state index is 13.2. The second kappa shape index (κ2) is 10.1. The molecule has 1 aromatic carbocycles. The molecule has 0 saturated carbocycles. The minimum absolute atomic E-state index is 0.128. The van der Waals surface area contributed by atoms with Gasteiger partial charge in [-0.2, -0.15) is 15.2 Å². The van der Waals surface area contributed by atoms with Crippen LogP contribution in [0.25, 0.3) is 11.0 Å². The highest BCUT2D eigenvalue weighted by Gasteiger charge is 2.29. The van der Waals surface area contributed by atoms with Crippen LogP contribution in [-0.4, -0.2) is 84.5 Å². The van der Waals surface area contributed by atoms with E-state index in [1.54, 1.807) is 30.3 Å². The summed E-state index contributed by atoms with van der Waals surface area (Å²) in [5.41, 5.74) is 1.45. The number of anilines is 3. The van der Waals surface area contributed by atoms with Gasteiger partial charge in [-0.15, -0.1) is 0 Å². The molecule has 37 heavy (non-hydrogen) atoms. The van der Waals surface area contributed by atoms with Crippen molar-refractivity contribution in [2.24, 2.45) is 0 Å². The fraction of sp³-hybridized carbons (Fsp3) is 0.440. The molecule has 1 saturated heterocycles. The van der Waals surface area contributed by atoms with Gasteiger partial charge in [0.2, 0.25) is 5.95 Å². The Morgan fingerprint density at radius 1 is 1.19 bits per heavy atom. The molecule has 2 aliphatic heterocycles. The van der Waals surface area contributed by atoms with Crippen molar-refractivity contribution in [3.05, 3.63) is 29.5 Å². The van der Waals surface area contributed by atoms with E-state index in [1.165, 1.54) is 0 Å². The summed E-state index contributed by atoms with van der Waals surface area (Å²) in [6, 6.07) is 5.65. The number of aromatic nitrogens is 3. The number of morpholine rings is 1. The zero-order valence-corrected chi connectivity index (χ0v) is 21.0. The van der Waals surface area contributed by atoms with Crippen molar-refractivity contribution in [3.8, 4) is 17.6 Å². The van der Waals surface area contributed by atoms with Crippen LogP contribution in [-0.2, 0) is 9.47 Å². The van der Waals surface area contributed by atoms with Crippen molar-refractivity contribution in [2.45, 2.75) is 19.4 Å². The Morgan fingerprint density at radius 3 is 2.68 bits per heavy atom. The van der Waals surface area contributed by atoms with Crippen molar-refractivity contribution in [3.63, 3.8) is 0 Å². The molecule has 2 aliphatic rings. The summed E-state index contributed by atoms with van der Waals surface area (Å²) in [6.45, 7) is 7.12. The van der Waals surface area contributed by atoms with Gasteiger partial charge in [-0.1, -0.05) is 0 Å². The molecule has 5 rings (SSSR count). The maximum absolute atomic E-state index is 13.2. The van der Waals surface area contributed by atoms with E-state index in [9.17, 15) is 10.1 Å². The monoisotopic (exact) mass is 507 g/mol. The number of nitriles is 1. The largest absolute Gasteiger partial charge is 0.485 e. The maximum Gasteiger partial charge on any atom is 0.257 e. The molecule has 3 N–H and O–H groups in total. The summed E-state index contributed by atoms with van der Waals surface area (Å²) in [6.07, 6.45) is 1.60. The van der Waals surface area contributed by atoms with E-state index in [1.807, 2.05) is 13.8 Å². The zero-order chi connectivity index (χ0) is 26.0. The van der Waals surface area contributed by atoms with Gasteiger partial charge in [0.15, 0.2) is 11.5 Å². The molecule has 1 fully saturated rings. The number of hydrogen-bond donors (Lipinski definition) is 3. The van der Waals surface area contributed by atoms with Crippen LogP contribution in [0.3, 0.4) is 0 Å². The standard InChI is InChI=1S/C25H29N7O5/c1-25(2,14-34-3)31-22-18-15(12-26)13-27-21(18)29-24(30-22)28-17-5-4-16(19-20(17)37-11-10-36-19)23(33)32-6-8-35-9-7-32/h4-5,13H,6-11,14H2,1-3H3,(H3,27,28,29,30,31). The number of rotatable bonds is 7. The Hall–Kier alpha value is -4.08. The first-order valence-electron chi connectivity index (χ1n) is 12.0. The molecule has 0 atom stereocenters. The summed E-state index contributed by atoms with van der Waals surface area (Å²) in [7, 11) is 1.63. The predicted molar refractivity (Wildman–Crippen MR) is 136 cm³/mol. The number of H-pyrrole nitrogens is 1. The average Bonchev–Trinajstić information content (AvgIpc) is 3.32. The number of nitrogens with zero attached hydrogens (tertiary/aromatic N) is 4. The molecule has 0 spiro atoms. The van der Waals surface area contributed by atoms with Gasteiger partial charge in [-0.05, 0) is 26.0 Å². The van der Waals surface area contributed by atoms with Gasteiger partial charge in [-0.3, -0.25) is 4.79 Å². The number of hydrogen-bond acceptors (Lipinski definition) is 10. The van der Waals surface area contributed by atoms with E-state index in [0.29, 0.717) is 91.3 Å². The fourth-order valence-corrected chi connectivity index (χ4v) is 4.45. The fourth-order valence-electron chi connectivity index (χ4n) is 4.45. The van der Waals surface area contributed by atoms with Gasteiger partial charge in [0, 0.05) is 26.4 Å². The normalized spacial score (nSPS) is 15.4. The Kier molecular flexibility index (Phi) is 6.73. The third kappa shape index (κ3) is 4.96. The lowest BCUT2D eigenvalue weighted by Gasteiger charge is -2.29. The summed E-state index contributed by atoms with van der Waals surface area (Å²) < 4.78 is 22.5. The number of aromatic amines is 1. The number of carbonyl (C=O) groups is 1. The van der Waals surface area contributed by atoms with Crippen LogP contribution < -0.4 is 20.1 Å². The molecule has 0 bridgehead atoms. The predicted octanol–water partition coefficient (Wildman–Crippen LogP) is 2.65. The van der Waals surface area contributed by atoms with Crippen molar-refractivity contribution in [1.82, 2.24) is 19.9 Å². The minimum atomic E-state index is -0.463. The van der Waals surface area contributed by atoms with E-state index in [-0.39, 0.29) is 11.9 Å². The first-order chi connectivity index (χ1) is 17.9. The van der Waals surface area contributed by atoms with E-state index in [2.05, 4.69) is 31.7 Å². The quantitative estimate of drug-likeness (QED) is 0.436. The van der Waals surface area contributed by atoms with Gasteiger partial charge in [0.1, 0.15) is 30.7 Å². The first-order valence-corrected chi connectivity index (χ1v) is 12.0. The summed E-state index contributed by atoms with van der Waals surface area (Å²) >= 11 is 0. The Bertz CT molecular complexity index is 1360. The molecular weight excluding hydrogens is 478 g/mol. The number of nitrogens with one attached hydrogen (secondary N) is 3. The molecule has 3 aromatic rings. The zero-order valence-electron chi connectivity index (χ0n) is 21.0. The van der Waals surface area contributed by atoms with Crippen molar-refractivity contribution < 1.29 is 23.7 Å². The smallest absolute Gasteiger partial charge is 0.257 e. The first kappa shape index (κ1) is 24.6. The van der Waals surface area contributed by atoms with Crippen LogP contribution in [0.4, 0.5) is 17.5 Å². The lowest BCUT2D eigenvalue weighted by atomic mass is 10.1. The van der Waals surface area contributed by atoms with Crippen LogP contribution >= 0.6 is 0 Å². The number of ether oxygens (including phenoxy) is 4. The van der Waals surface area contributed by atoms with E-state index in [0.717, 1.165) is 0 Å². The number of benzene rings is 1. The lowest BCUT2D eigenvalue weighted by Crippen LogP contribution is -2.41. The third-order valence-corrected chi connectivity index (χ3v) is 6.08. The molecule has 194 valence electrons. The van der Waals surface area contributed by atoms with E-state index < -0.39 is 5.54 Å². The van der Waals surface area contributed by atoms with E-state index in [4.69, 9.17) is 18.9 Å². The van der Waals surface area contributed by atoms with Crippen LogP contribution in [0.5, 0.6) is 11.5 Å². The van der Waals surface area contributed by atoms with Gasteiger partial charge < -0.3 is 39.5 Å². The highest BCUT2D eigenvalue weighted by Crippen LogP contribution is 2.42. The highest BCUT2D eigenvalue weighted by molar-refractivity contribution is 5.99. The average molecular weight is 508 g/mol. The molecule has 12 heteroatoms. The Morgan fingerprint density at radius 2 is 1.95 bits per heavy atom. The Balaban J connectivity index is 1.51. The van der Waals surface area contributed by atoms with Crippen molar-refractivity contribution in [1.29, 1.82) is 5.26 Å². The number of amides is 1. The third-order valence-electron chi connectivity index (χ3n) is 6.08. The molecule has 1 amide bonds. The summed E-state index contributed by atoms with van der Waals surface area (Å²) in [5.74, 6) is 1.44. The number of fused-ring (bicyclic) bond motifs is 2. The second-order valence-corrected chi connectivity index (χ2v) is 9.42. The highest BCUT2D eigenvalue weighted by atomic mass is 16.6. The number of methoxy groups -OCH3 is 1. The summed E-state index contributed by atoms with van der Waals surface area (Å²) in [5, 5.41) is 16.8. The van der Waals surface area contributed by atoms with Crippen LogP contribution in [0.1, 0.15) is 29.8 Å². The van der Waals surface area contributed by atoms with Crippen LogP contribution in [0, 0.1) is 11.3 Å². The molecule has 4 heterocycles. The second-order valence-electron chi connectivity index (χ2n) is 9.42.